The maximum atomic E-state index is 12.1. The van der Waals surface area contributed by atoms with Crippen molar-refractivity contribution in [3.8, 4) is 11.5 Å². The molecule has 0 bridgehead atoms. The lowest BCUT2D eigenvalue weighted by Gasteiger charge is -2.20. The molecule has 134 valence electrons. The summed E-state index contributed by atoms with van der Waals surface area (Å²) in [7, 11) is 0. The van der Waals surface area contributed by atoms with Crippen molar-refractivity contribution >= 4 is 53.8 Å². The molecule has 0 fully saturated rings. The third kappa shape index (κ3) is 5.56. The molecule has 2 aromatic carbocycles. The monoisotopic (exact) mass is 532 g/mol. The molecule has 0 atom stereocenters. The first-order valence-corrected chi connectivity index (χ1v) is 10.0. The first-order valence-electron chi connectivity index (χ1n) is 7.67. The number of halogens is 3. The van der Waals surface area contributed by atoms with Gasteiger partial charge in [0, 0.05) is 4.47 Å². The van der Waals surface area contributed by atoms with Crippen LogP contribution in [0.25, 0.3) is 0 Å². The van der Waals surface area contributed by atoms with Crippen molar-refractivity contribution < 1.29 is 14.3 Å². The standard InChI is InChI=1S/C19H19Br3O3/c1-11-7-13(20)9-15(22)18(11)24-10-17(23)25-16-6-5-12(8-14(16)21)19(2,3)4/h5-9H,10H2,1-4H3. The lowest BCUT2D eigenvalue weighted by molar-refractivity contribution is -0.136. The van der Waals surface area contributed by atoms with Crippen molar-refractivity contribution in [2.45, 2.75) is 33.1 Å². The summed E-state index contributed by atoms with van der Waals surface area (Å²) in [6, 6.07) is 9.52. The van der Waals surface area contributed by atoms with E-state index in [-0.39, 0.29) is 12.0 Å². The van der Waals surface area contributed by atoms with E-state index in [1.54, 1.807) is 6.07 Å². The molecule has 6 heteroatoms. The fourth-order valence-electron chi connectivity index (χ4n) is 2.21. The predicted octanol–water partition coefficient (Wildman–Crippen LogP) is 6.56. The van der Waals surface area contributed by atoms with Crippen LogP contribution < -0.4 is 9.47 Å². The van der Waals surface area contributed by atoms with Crippen LogP contribution >= 0.6 is 47.8 Å². The summed E-state index contributed by atoms with van der Waals surface area (Å²) >= 11 is 10.3. The van der Waals surface area contributed by atoms with Gasteiger partial charge in [-0.15, -0.1) is 0 Å². The lowest BCUT2D eigenvalue weighted by Crippen LogP contribution is -2.18. The van der Waals surface area contributed by atoms with Crippen LogP contribution in [0, 0.1) is 6.92 Å². The van der Waals surface area contributed by atoms with Gasteiger partial charge in [-0.3, -0.25) is 0 Å². The van der Waals surface area contributed by atoms with Gasteiger partial charge in [0.15, 0.2) is 6.61 Å². The highest BCUT2D eigenvalue weighted by atomic mass is 79.9. The molecule has 0 radical (unpaired) electrons. The average Bonchev–Trinajstić information content (AvgIpc) is 2.47. The Morgan fingerprint density at radius 2 is 1.72 bits per heavy atom. The Labute approximate surface area is 173 Å². The highest BCUT2D eigenvalue weighted by Crippen LogP contribution is 2.33. The number of esters is 1. The Balaban J connectivity index is 2.04. The molecule has 0 aliphatic heterocycles. The summed E-state index contributed by atoms with van der Waals surface area (Å²) in [5, 5.41) is 0. The van der Waals surface area contributed by atoms with Gasteiger partial charge in [0.25, 0.3) is 0 Å². The minimum atomic E-state index is -0.460. The molecule has 0 amide bonds. The summed E-state index contributed by atoms with van der Waals surface area (Å²) in [6.45, 7) is 8.14. The quantitative estimate of drug-likeness (QED) is 0.329. The number of hydrogen-bond acceptors (Lipinski definition) is 3. The van der Waals surface area contributed by atoms with Crippen LogP contribution in [0.1, 0.15) is 31.9 Å². The van der Waals surface area contributed by atoms with E-state index in [4.69, 9.17) is 9.47 Å². The number of rotatable bonds is 4. The molecular formula is C19H19Br3O3. The molecule has 0 saturated carbocycles. The fraction of sp³-hybridized carbons (Fsp3) is 0.316. The second-order valence-electron chi connectivity index (χ2n) is 6.69. The molecule has 0 aliphatic rings. The predicted molar refractivity (Wildman–Crippen MR) is 111 cm³/mol. The third-order valence-corrected chi connectivity index (χ3v) is 5.22. The molecule has 2 rings (SSSR count). The Hall–Kier alpha value is -0.850. The molecule has 0 aromatic heterocycles. The Morgan fingerprint density at radius 1 is 1.04 bits per heavy atom. The van der Waals surface area contributed by atoms with Gasteiger partial charge < -0.3 is 9.47 Å². The van der Waals surface area contributed by atoms with Crippen LogP contribution in [0.4, 0.5) is 0 Å². The highest BCUT2D eigenvalue weighted by molar-refractivity contribution is 9.11. The molecule has 0 saturated heterocycles. The zero-order chi connectivity index (χ0) is 18.8. The number of carbonyl (C=O) groups excluding carboxylic acids is 1. The van der Waals surface area contributed by atoms with Crippen molar-refractivity contribution in [2.24, 2.45) is 0 Å². The van der Waals surface area contributed by atoms with Gasteiger partial charge in [-0.2, -0.15) is 0 Å². The van der Waals surface area contributed by atoms with Crippen LogP contribution in [0.2, 0.25) is 0 Å². The van der Waals surface area contributed by atoms with E-state index < -0.39 is 5.97 Å². The summed E-state index contributed by atoms with van der Waals surface area (Å²) in [5.41, 5.74) is 2.11. The van der Waals surface area contributed by atoms with Gasteiger partial charge in [-0.25, -0.2) is 4.79 Å². The van der Waals surface area contributed by atoms with Gasteiger partial charge in [0.1, 0.15) is 11.5 Å². The molecule has 0 heterocycles. The minimum Gasteiger partial charge on any atom is -0.480 e. The van der Waals surface area contributed by atoms with Gasteiger partial charge >= 0.3 is 5.97 Å². The summed E-state index contributed by atoms with van der Waals surface area (Å²) in [4.78, 5) is 12.1. The topological polar surface area (TPSA) is 35.5 Å². The van der Waals surface area contributed by atoms with Gasteiger partial charge in [0.05, 0.1) is 8.95 Å². The van der Waals surface area contributed by atoms with Crippen LogP contribution in [-0.2, 0) is 10.2 Å². The summed E-state index contributed by atoms with van der Waals surface area (Å²) in [5.74, 6) is 0.647. The van der Waals surface area contributed by atoms with Crippen molar-refractivity contribution in [3.63, 3.8) is 0 Å². The normalized spacial score (nSPS) is 11.3. The summed E-state index contributed by atoms with van der Waals surface area (Å²) in [6.07, 6.45) is 0. The van der Waals surface area contributed by atoms with Crippen LogP contribution in [0.15, 0.2) is 43.7 Å². The maximum absolute atomic E-state index is 12.1. The molecule has 0 N–H and O–H groups in total. The maximum Gasteiger partial charge on any atom is 0.349 e. The van der Waals surface area contributed by atoms with E-state index in [0.717, 1.165) is 24.5 Å². The van der Waals surface area contributed by atoms with E-state index in [1.165, 1.54) is 0 Å². The second-order valence-corrected chi connectivity index (χ2v) is 9.32. The molecule has 0 spiro atoms. The van der Waals surface area contributed by atoms with E-state index >= 15 is 0 Å². The average molecular weight is 535 g/mol. The van der Waals surface area contributed by atoms with Crippen molar-refractivity contribution in [2.75, 3.05) is 6.61 Å². The molecule has 0 unspecified atom stereocenters. The van der Waals surface area contributed by atoms with Crippen LogP contribution in [-0.4, -0.2) is 12.6 Å². The van der Waals surface area contributed by atoms with E-state index in [9.17, 15) is 4.79 Å². The van der Waals surface area contributed by atoms with E-state index in [2.05, 4.69) is 68.6 Å². The van der Waals surface area contributed by atoms with Crippen LogP contribution in [0.5, 0.6) is 11.5 Å². The smallest absolute Gasteiger partial charge is 0.349 e. The van der Waals surface area contributed by atoms with Gasteiger partial charge in [-0.1, -0.05) is 42.8 Å². The first kappa shape index (κ1) is 20.5. The Kier molecular flexibility index (Phi) is 6.74. The van der Waals surface area contributed by atoms with Crippen molar-refractivity contribution in [3.05, 3.63) is 54.9 Å². The van der Waals surface area contributed by atoms with Crippen LogP contribution in [0.3, 0.4) is 0 Å². The molecular weight excluding hydrogens is 516 g/mol. The Morgan fingerprint density at radius 3 is 2.28 bits per heavy atom. The van der Waals surface area contributed by atoms with E-state index in [0.29, 0.717) is 11.5 Å². The number of benzene rings is 2. The fourth-order valence-corrected chi connectivity index (χ4v) is 4.22. The Bertz CT molecular complexity index is 772. The van der Waals surface area contributed by atoms with Crippen molar-refractivity contribution in [1.82, 2.24) is 0 Å². The highest BCUT2D eigenvalue weighted by Gasteiger charge is 2.17. The molecule has 0 aliphatic carbocycles. The van der Waals surface area contributed by atoms with E-state index in [1.807, 2.05) is 31.2 Å². The zero-order valence-electron chi connectivity index (χ0n) is 14.5. The molecule has 2 aromatic rings. The number of hydrogen-bond donors (Lipinski definition) is 0. The second kappa shape index (κ2) is 8.23. The van der Waals surface area contributed by atoms with Gasteiger partial charge in [-0.05, 0) is 79.6 Å². The summed E-state index contributed by atoms with van der Waals surface area (Å²) < 4.78 is 13.5. The lowest BCUT2D eigenvalue weighted by atomic mass is 9.87. The largest absolute Gasteiger partial charge is 0.480 e. The zero-order valence-corrected chi connectivity index (χ0v) is 19.2. The number of aryl methyl sites for hydroxylation is 1. The molecule has 25 heavy (non-hydrogen) atoms. The van der Waals surface area contributed by atoms with Gasteiger partial charge in [0.2, 0.25) is 0 Å². The number of carbonyl (C=O) groups is 1. The molecule has 3 nitrogen and oxygen atoms in total. The number of ether oxygens (including phenoxy) is 2. The van der Waals surface area contributed by atoms with Crippen molar-refractivity contribution in [1.29, 1.82) is 0 Å². The third-order valence-electron chi connectivity index (χ3n) is 3.55. The first-order chi connectivity index (χ1) is 11.6. The minimum absolute atomic E-state index is 0.0273. The SMILES string of the molecule is Cc1cc(Br)cc(Br)c1OCC(=O)Oc1ccc(C(C)(C)C)cc1Br.